The topological polar surface area (TPSA) is 25.9 Å². The zero-order chi connectivity index (χ0) is 15.8. The molecule has 0 spiro atoms. The van der Waals surface area contributed by atoms with Crippen LogP contribution in [0.3, 0.4) is 0 Å². The first-order chi connectivity index (χ1) is 11.3. The highest BCUT2D eigenvalue weighted by atomic mass is 16.1. The summed E-state index contributed by atoms with van der Waals surface area (Å²) in [6.45, 7) is 2.92. The lowest BCUT2D eigenvalue weighted by Crippen LogP contribution is -2.44. The van der Waals surface area contributed by atoms with Crippen molar-refractivity contribution in [2.45, 2.75) is 39.2 Å². The molecular formula is C20H21N2O+. The highest BCUT2D eigenvalue weighted by molar-refractivity contribution is 5.75. The second-order valence-corrected chi connectivity index (χ2v) is 6.37. The number of aryl methyl sites for hydroxylation is 1. The summed E-state index contributed by atoms with van der Waals surface area (Å²) in [5, 5.41) is 0.804. The number of fused-ring (bicyclic) bond motifs is 2. The van der Waals surface area contributed by atoms with Crippen molar-refractivity contribution in [2.75, 3.05) is 0 Å². The van der Waals surface area contributed by atoms with Crippen LogP contribution in [0.5, 0.6) is 0 Å². The van der Waals surface area contributed by atoms with Gasteiger partial charge in [0.2, 0.25) is 0 Å². The van der Waals surface area contributed by atoms with Crippen LogP contribution in [0.1, 0.15) is 30.7 Å². The van der Waals surface area contributed by atoms with E-state index in [0.29, 0.717) is 0 Å². The number of nitrogens with zero attached hydrogens (tertiary/aromatic N) is 2. The van der Waals surface area contributed by atoms with Crippen LogP contribution in [0.2, 0.25) is 0 Å². The van der Waals surface area contributed by atoms with Gasteiger partial charge in [0.05, 0.1) is 6.54 Å². The lowest BCUT2D eigenvalue weighted by molar-refractivity contribution is -0.582. The first-order valence-electron chi connectivity index (χ1n) is 8.39. The number of benzene rings is 2. The highest BCUT2D eigenvalue weighted by Crippen LogP contribution is 2.16. The molecule has 0 radical (unpaired) electrons. The Morgan fingerprint density at radius 1 is 0.957 bits per heavy atom. The quantitative estimate of drug-likeness (QED) is 0.633. The van der Waals surface area contributed by atoms with Crippen LogP contribution < -0.4 is 10.1 Å². The highest BCUT2D eigenvalue weighted by Gasteiger charge is 2.25. The first-order valence-corrected chi connectivity index (χ1v) is 8.39. The lowest BCUT2D eigenvalue weighted by Gasteiger charge is -2.12. The van der Waals surface area contributed by atoms with Gasteiger partial charge < -0.3 is 0 Å². The van der Waals surface area contributed by atoms with E-state index in [2.05, 4.69) is 41.8 Å². The fourth-order valence-electron chi connectivity index (χ4n) is 3.56. The average molecular weight is 305 g/mol. The fraction of sp³-hybridized carbons (Fsp3) is 0.300. The molecule has 0 saturated heterocycles. The van der Waals surface area contributed by atoms with Crippen LogP contribution in [0.4, 0.5) is 0 Å². The summed E-state index contributed by atoms with van der Waals surface area (Å²) in [5.41, 5.74) is 3.55. The number of rotatable bonds is 1. The van der Waals surface area contributed by atoms with E-state index in [1.54, 1.807) is 0 Å². The largest absolute Gasteiger partial charge is 0.345 e. The molecule has 3 nitrogen and oxygen atoms in total. The van der Waals surface area contributed by atoms with E-state index < -0.39 is 0 Å². The lowest BCUT2D eigenvalue weighted by atomic mass is 10.1. The van der Waals surface area contributed by atoms with Crippen molar-refractivity contribution in [3.8, 4) is 5.69 Å². The summed E-state index contributed by atoms with van der Waals surface area (Å²) in [5.74, 6) is 1.13. The molecule has 0 N–H and O–H groups in total. The Morgan fingerprint density at radius 3 is 2.57 bits per heavy atom. The van der Waals surface area contributed by atoms with Crippen molar-refractivity contribution in [1.29, 1.82) is 0 Å². The van der Waals surface area contributed by atoms with Gasteiger partial charge >= 0.3 is 5.56 Å². The molecule has 0 unspecified atom stereocenters. The summed E-state index contributed by atoms with van der Waals surface area (Å²) < 4.78 is 4.27. The van der Waals surface area contributed by atoms with Gasteiger partial charge in [-0.15, -0.1) is 0 Å². The zero-order valence-electron chi connectivity index (χ0n) is 13.5. The molecule has 0 saturated carbocycles. The van der Waals surface area contributed by atoms with Crippen LogP contribution in [0.25, 0.3) is 16.6 Å². The molecule has 0 amide bonds. The third kappa shape index (κ3) is 2.37. The average Bonchev–Trinajstić information content (AvgIpc) is 2.83. The molecule has 0 bridgehead atoms. The predicted octanol–water partition coefficient (Wildman–Crippen LogP) is 3.31. The maximum Gasteiger partial charge on any atom is 0.345 e. The number of aromatic nitrogens is 2. The minimum atomic E-state index is 0.154. The molecule has 0 fully saturated rings. The Labute approximate surface area is 135 Å². The molecule has 116 valence electrons. The monoisotopic (exact) mass is 305 g/mol. The molecular weight excluding hydrogens is 284 g/mol. The maximum absolute atomic E-state index is 12.9. The Bertz CT molecular complexity index is 923. The molecule has 0 aliphatic carbocycles. The van der Waals surface area contributed by atoms with Crippen LogP contribution >= 0.6 is 0 Å². The fourth-order valence-corrected chi connectivity index (χ4v) is 3.56. The molecule has 1 aliphatic heterocycles. The van der Waals surface area contributed by atoms with Gasteiger partial charge in [0, 0.05) is 6.42 Å². The molecule has 1 aromatic heterocycles. The van der Waals surface area contributed by atoms with Gasteiger partial charge in [0.15, 0.2) is 0 Å². The van der Waals surface area contributed by atoms with Crippen molar-refractivity contribution in [1.82, 2.24) is 4.57 Å². The molecule has 0 atom stereocenters. The molecule has 2 aromatic carbocycles. The van der Waals surface area contributed by atoms with E-state index >= 15 is 0 Å². The van der Waals surface area contributed by atoms with E-state index in [1.165, 1.54) is 12.0 Å². The summed E-state index contributed by atoms with van der Waals surface area (Å²) in [6, 6.07) is 16.5. The Hall–Kier alpha value is -2.42. The molecule has 3 aromatic rings. The Balaban J connectivity index is 2.12. The van der Waals surface area contributed by atoms with Crippen molar-refractivity contribution >= 4 is 10.9 Å². The van der Waals surface area contributed by atoms with Crippen LogP contribution in [-0.2, 0) is 13.0 Å². The standard InChI is InChI=1S/C20H21N2O/c1-15-10-12-16(13-11-15)22-18-8-5-4-7-17(18)20(23)21-14-6-2-3-9-19(21)22/h4-5,7-8,10-13H,2-3,6,9,14H2,1H3/q+1. The third-order valence-electron chi connectivity index (χ3n) is 4.76. The van der Waals surface area contributed by atoms with Gasteiger partial charge in [-0.05, 0) is 50.5 Å². The first kappa shape index (κ1) is 14.2. The summed E-state index contributed by atoms with van der Waals surface area (Å²) in [6.07, 6.45) is 4.36. The normalized spacial score (nSPS) is 14.5. The molecule has 23 heavy (non-hydrogen) atoms. The van der Waals surface area contributed by atoms with E-state index in [9.17, 15) is 4.79 Å². The second kappa shape index (κ2) is 5.65. The van der Waals surface area contributed by atoms with Gasteiger partial charge in [-0.2, -0.15) is 9.13 Å². The summed E-state index contributed by atoms with van der Waals surface area (Å²) >= 11 is 0. The van der Waals surface area contributed by atoms with Crippen LogP contribution in [0, 0.1) is 6.92 Å². The summed E-state index contributed by atoms with van der Waals surface area (Å²) in [7, 11) is 0. The minimum absolute atomic E-state index is 0.154. The maximum atomic E-state index is 12.9. The van der Waals surface area contributed by atoms with Crippen LogP contribution in [0.15, 0.2) is 53.3 Å². The van der Waals surface area contributed by atoms with Gasteiger partial charge in [0.1, 0.15) is 16.6 Å². The third-order valence-corrected chi connectivity index (χ3v) is 4.76. The smallest absolute Gasteiger partial charge is 0.241 e. The van der Waals surface area contributed by atoms with Crippen molar-refractivity contribution in [3.05, 3.63) is 70.3 Å². The zero-order valence-corrected chi connectivity index (χ0v) is 13.5. The number of hydrogen-bond donors (Lipinski definition) is 0. The molecule has 1 aliphatic rings. The van der Waals surface area contributed by atoms with Crippen molar-refractivity contribution in [2.24, 2.45) is 0 Å². The van der Waals surface area contributed by atoms with Gasteiger partial charge in [-0.3, -0.25) is 0 Å². The van der Waals surface area contributed by atoms with Gasteiger partial charge in [-0.25, -0.2) is 4.79 Å². The van der Waals surface area contributed by atoms with Gasteiger partial charge in [-0.1, -0.05) is 29.8 Å². The predicted molar refractivity (Wildman–Crippen MR) is 92.0 cm³/mol. The van der Waals surface area contributed by atoms with Crippen LogP contribution in [-0.4, -0.2) is 4.57 Å². The van der Waals surface area contributed by atoms with Crippen molar-refractivity contribution in [3.63, 3.8) is 0 Å². The molecule has 2 heterocycles. The van der Waals surface area contributed by atoms with E-state index in [-0.39, 0.29) is 5.56 Å². The van der Waals surface area contributed by atoms with E-state index in [1.807, 2.05) is 22.8 Å². The molecule has 4 rings (SSSR count). The van der Waals surface area contributed by atoms with Gasteiger partial charge in [0.25, 0.3) is 5.82 Å². The van der Waals surface area contributed by atoms with E-state index in [4.69, 9.17) is 0 Å². The Kier molecular flexibility index (Phi) is 3.49. The van der Waals surface area contributed by atoms with E-state index in [0.717, 1.165) is 48.2 Å². The molecule has 3 heteroatoms. The second-order valence-electron chi connectivity index (χ2n) is 6.37. The van der Waals surface area contributed by atoms with Crippen molar-refractivity contribution < 1.29 is 4.57 Å². The number of para-hydroxylation sites is 1. The SMILES string of the molecule is Cc1ccc(-[n+]2c3n(c(=O)c4ccccc42)CCCCC3)cc1. The minimum Gasteiger partial charge on any atom is -0.241 e. The number of hydrogen-bond acceptors (Lipinski definition) is 1. The summed E-state index contributed by atoms with van der Waals surface area (Å²) in [4.78, 5) is 12.9. The Morgan fingerprint density at radius 2 is 1.74 bits per heavy atom.